The summed E-state index contributed by atoms with van der Waals surface area (Å²) in [6.07, 6.45) is 3.14. The van der Waals surface area contributed by atoms with E-state index in [4.69, 9.17) is 18.9 Å². The van der Waals surface area contributed by atoms with E-state index in [-0.39, 0.29) is 24.4 Å². The molecular weight excluding hydrogens is 340 g/mol. The normalized spacial score (nSPS) is 43.0. The largest absolute Gasteiger partial charge is 0.466 e. The van der Waals surface area contributed by atoms with Crippen molar-refractivity contribution in [1.29, 1.82) is 0 Å². The number of ether oxygens (including phenoxy) is 5. The lowest BCUT2D eigenvalue weighted by Crippen LogP contribution is -2.56. The minimum Gasteiger partial charge on any atom is -0.466 e. The molecule has 0 aromatic rings. The topological polar surface area (TPSA) is 83.5 Å². The van der Waals surface area contributed by atoms with E-state index in [0.29, 0.717) is 18.9 Å². The average Bonchev–Trinajstić information content (AvgIpc) is 2.56. The van der Waals surface area contributed by atoms with Gasteiger partial charge in [-0.05, 0) is 38.7 Å². The predicted molar refractivity (Wildman–Crippen MR) is 92.4 cm³/mol. The molecule has 0 spiro atoms. The first-order valence-corrected chi connectivity index (χ1v) is 9.34. The van der Waals surface area contributed by atoms with E-state index in [0.717, 1.165) is 12.8 Å². The van der Waals surface area contributed by atoms with Gasteiger partial charge < -0.3 is 28.8 Å². The Balaban J connectivity index is 1.69. The van der Waals surface area contributed by atoms with E-state index < -0.39 is 24.0 Å². The molecule has 0 aliphatic carbocycles. The first kappa shape index (κ1) is 19.8. The maximum atomic E-state index is 11.3. The summed E-state index contributed by atoms with van der Waals surface area (Å²) in [4.78, 5) is 11.3. The Bertz CT molecular complexity index is 532. The monoisotopic (exact) mass is 370 g/mol. The van der Waals surface area contributed by atoms with Gasteiger partial charge in [0, 0.05) is 12.5 Å². The minimum atomic E-state index is -0.743. The van der Waals surface area contributed by atoms with Crippen LogP contribution in [0.3, 0.4) is 0 Å². The van der Waals surface area contributed by atoms with Crippen molar-refractivity contribution in [3.05, 3.63) is 12.2 Å². The fourth-order valence-electron chi connectivity index (χ4n) is 3.97. The van der Waals surface area contributed by atoms with Crippen molar-refractivity contribution in [2.45, 2.75) is 82.4 Å². The third-order valence-corrected chi connectivity index (χ3v) is 5.29. The van der Waals surface area contributed by atoms with Crippen LogP contribution in [0.15, 0.2) is 12.2 Å². The van der Waals surface area contributed by atoms with Gasteiger partial charge in [-0.3, -0.25) is 0 Å². The van der Waals surface area contributed by atoms with E-state index in [2.05, 4.69) is 11.7 Å². The van der Waals surface area contributed by atoms with Crippen molar-refractivity contribution in [3.8, 4) is 0 Å². The molecule has 3 fully saturated rings. The van der Waals surface area contributed by atoms with Crippen LogP contribution < -0.4 is 0 Å². The van der Waals surface area contributed by atoms with E-state index in [9.17, 15) is 9.90 Å². The summed E-state index contributed by atoms with van der Waals surface area (Å²) in [5, 5.41) is 10.4. The highest BCUT2D eigenvalue weighted by atomic mass is 16.7. The van der Waals surface area contributed by atoms with Crippen LogP contribution in [0.1, 0.15) is 40.0 Å². The van der Waals surface area contributed by atoms with Crippen molar-refractivity contribution in [2.75, 3.05) is 13.7 Å². The smallest absolute Gasteiger partial charge is 0.330 e. The third kappa shape index (κ3) is 4.64. The maximum Gasteiger partial charge on any atom is 0.330 e. The standard InChI is InChI=1S/C19H30O7/c1-11-7-14-15(9-12(20)13(24-14)5-6-18(21)22-4)25-17-10-23-19(2,3)26-16(17)8-11/h5-6,11-17,20H,7-10H2,1-4H3/b6-5+/t11-,12-,13-,14+,15-,16-,17+/m1/s1. The molecule has 0 aromatic heterocycles. The molecule has 148 valence electrons. The Morgan fingerprint density at radius 3 is 2.54 bits per heavy atom. The molecule has 0 aromatic carbocycles. The highest BCUT2D eigenvalue weighted by Crippen LogP contribution is 2.36. The molecule has 0 radical (unpaired) electrons. The Hall–Kier alpha value is -0.990. The first-order valence-electron chi connectivity index (χ1n) is 9.34. The average molecular weight is 370 g/mol. The Morgan fingerprint density at radius 1 is 1.12 bits per heavy atom. The second kappa shape index (κ2) is 7.94. The molecule has 3 heterocycles. The Labute approximate surface area is 154 Å². The quantitative estimate of drug-likeness (QED) is 0.583. The zero-order valence-electron chi connectivity index (χ0n) is 15.9. The number of fused-ring (bicyclic) bond motifs is 2. The van der Waals surface area contributed by atoms with Gasteiger partial charge in [-0.1, -0.05) is 6.92 Å². The molecule has 0 saturated carbocycles. The zero-order chi connectivity index (χ0) is 18.9. The zero-order valence-corrected chi connectivity index (χ0v) is 15.9. The first-order chi connectivity index (χ1) is 12.3. The SMILES string of the molecule is COC(=O)/C=C/[C@H]1O[C@H]2C[C@@H](C)C[C@H]3OC(C)(C)OC[C@@H]3O[C@@H]2C[C@H]1O. The van der Waals surface area contributed by atoms with Crippen LogP contribution in [0.2, 0.25) is 0 Å². The van der Waals surface area contributed by atoms with E-state index in [1.807, 2.05) is 13.8 Å². The summed E-state index contributed by atoms with van der Waals surface area (Å²) in [6, 6.07) is 0. The van der Waals surface area contributed by atoms with Crippen LogP contribution in [-0.4, -0.2) is 67.2 Å². The summed E-state index contributed by atoms with van der Waals surface area (Å²) in [7, 11) is 1.32. The minimum absolute atomic E-state index is 0.0243. The molecular formula is C19H30O7. The molecule has 7 atom stereocenters. The molecule has 0 bridgehead atoms. The van der Waals surface area contributed by atoms with Crippen LogP contribution in [0, 0.1) is 5.92 Å². The number of rotatable bonds is 2. The van der Waals surface area contributed by atoms with E-state index >= 15 is 0 Å². The van der Waals surface area contributed by atoms with Crippen LogP contribution in [-0.2, 0) is 28.5 Å². The number of carbonyl (C=O) groups excluding carboxylic acids is 1. The van der Waals surface area contributed by atoms with E-state index in [1.54, 1.807) is 6.08 Å². The van der Waals surface area contributed by atoms with Gasteiger partial charge in [0.05, 0.1) is 38.1 Å². The number of hydrogen-bond donors (Lipinski definition) is 1. The van der Waals surface area contributed by atoms with Crippen LogP contribution >= 0.6 is 0 Å². The number of carbonyl (C=O) groups is 1. The van der Waals surface area contributed by atoms with Crippen LogP contribution in [0.4, 0.5) is 0 Å². The third-order valence-electron chi connectivity index (χ3n) is 5.29. The molecule has 7 heteroatoms. The molecule has 7 nitrogen and oxygen atoms in total. The van der Waals surface area contributed by atoms with Crippen LogP contribution in [0.5, 0.6) is 0 Å². The van der Waals surface area contributed by atoms with Gasteiger partial charge in [0.15, 0.2) is 5.79 Å². The van der Waals surface area contributed by atoms with Crippen molar-refractivity contribution < 1.29 is 33.6 Å². The molecule has 0 unspecified atom stereocenters. The van der Waals surface area contributed by atoms with Gasteiger partial charge in [-0.2, -0.15) is 0 Å². The second-order valence-corrected chi connectivity index (χ2v) is 7.98. The lowest BCUT2D eigenvalue weighted by molar-refractivity contribution is -0.330. The summed E-state index contributed by atoms with van der Waals surface area (Å²) in [5.74, 6) is -0.685. The Morgan fingerprint density at radius 2 is 1.81 bits per heavy atom. The van der Waals surface area contributed by atoms with Gasteiger partial charge in [0.1, 0.15) is 12.2 Å². The molecule has 3 aliphatic rings. The lowest BCUT2D eigenvalue weighted by atomic mass is 9.86. The predicted octanol–water partition coefficient (Wildman–Crippen LogP) is 1.57. The van der Waals surface area contributed by atoms with Crippen molar-refractivity contribution in [1.82, 2.24) is 0 Å². The van der Waals surface area contributed by atoms with E-state index in [1.165, 1.54) is 13.2 Å². The number of aliphatic hydroxyl groups is 1. The summed E-state index contributed by atoms with van der Waals surface area (Å²) in [6.45, 7) is 6.48. The summed E-state index contributed by atoms with van der Waals surface area (Å²) >= 11 is 0. The van der Waals surface area contributed by atoms with Crippen molar-refractivity contribution >= 4 is 5.97 Å². The molecule has 26 heavy (non-hydrogen) atoms. The van der Waals surface area contributed by atoms with Gasteiger partial charge >= 0.3 is 5.97 Å². The molecule has 0 amide bonds. The highest BCUT2D eigenvalue weighted by Gasteiger charge is 2.45. The number of methoxy groups -OCH3 is 1. The number of esters is 1. The molecule has 3 aliphatic heterocycles. The summed E-state index contributed by atoms with van der Waals surface area (Å²) < 4.78 is 28.8. The van der Waals surface area contributed by atoms with Gasteiger partial charge in [-0.15, -0.1) is 0 Å². The fourth-order valence-corrected chi connectivity index (χ4v) is 3.97. The number of hydrogen-bond acceptors (Lipinski definition) is 7. The van der Waals surface area contributed by atoms with Gasteiger partial charge in [-0.25, -0.2) is 4.79 Å². The highest BCUT2D eigenvalue weighted by molar-refractivity contribution is 5.81. The molecule has 3 saturated heterocycles. The van der Waals surface area contributed by atoms with Gasteiger partial charge in [0.25, 0.3) is 0 Å². The maximum absolute atomic E-state index is 11.3. The fraction of sp³-hybridized carbons (Fsp3) is 0.842. The van der Waals surface area contributed by atoms with Crippen molar-refractivity contribution in [3.63, 3.8) is 0 Å². The molecule has 1 N–H and O–H groups in total. The second-order valence-electron chi connectivity index (χ2n) is 7.98. The molecule has 3 rings (SSSR count). The lowest BCUT2D eigenvalue weighted by Gasteiger charge is -2.48. The summed E-state index contributed by atoms with van der Waals surface area (Å²) in [5.41, 5.74) is 0. The van der Waals surface area contributed by atoms with Crippen molar-refractivity contribution in [2.24, 2.45) is 5.92 Å². The van der Waals surface area contributed by atoms with Crippen LogP contribution in [0.25, 0.3) is 0 Å². The van der Waals surface area contributed by atoms with Gasteiger partial charge in [0.2, 0.25) is 0 Å². The number of aliphatic hydroxyl groups excluding tert-OH is 1. The Kier molecular flexibility index (Phi) is 6.04.